The molecule has 17 heavy (non-hydrogen) atoms. The van der Waals surface area contributed by atoms with E-state index in [2.05, 4.69) is 17.2 Å². The molecule has 0 spiro atoms. The van der Waals surface area contributed by atoms with Crippen molar-refractivity contribution < 1.29 is 14.6 Å². The Morgan fingerprint density at radius 2 is 2.12 bits per heavy atom. The highest BCUT2D eigenvalue weighted by molar-refractivity contribution is 5.74. The highest BCUT2D eigenvalue weighted by Gasteiger charge is 2.12. The van der Waals surface area contributed by atoms with Gasteiger partial charge in [-0.3, -0.25) is 0 Å². The number of hydrogen-bond donors (Lipinski definition) is 3. The van der Waals surface area contributed by atoms with Gasteiger partial charge in [0.15, 0.2) is 0 Å². The minimum absolute atomic E-state index is 0.0421. The van der Waals surface area contributed by atoms with Crippen LogP contribution in [0.1, 0.15) is 20.8 Å². The summed E-state index contributed by atoms with van der Waals surface area (Å²) in [5.74, 6) is 0.0421. The van der Waals surface area contributed by atoms with Crippen LogP contribution >= 0.6 is 0 Å². The predicted octanol–water partition coefficient (Wildman–Crippen LogP) is 0.895. The molecule has 2 atom stereocenters. The number of ether oxygens (including phenoxy) is 1. The summed E-state index contributed by atoms with van der Waals surface area (Å²) in [6.45, 7) is 10.8. The van der Waals surface area contributed by atoms with Crippen LogP contribution in [0, 0.1) is 5.92 Å². The van der Waals surface area contributed by atoms with Crippen LogP contribution < -0.4 is 10.6 Å². The fraction of sp³-hybridized carbons (Fsp3) is 0.750. The van der Waals surface area contributed by atoms with Crippen LogP contribution in [-0.2, 0) is 4.74 Å². The first-order valence-electron chi connectivity index (χ1n) is 5.84. The Labute approximate surface area is 103 Å². The third kappa shape index (κ3) is 8.71. The van der Waals surface area contributed by atoms with Crippen LogP contribution in [-0.4, -0.2) is 43.5 Å². The molecule has 0 radical (unpaired) electrons. The minimum atomic E-state index is -0.239. The van der Waals surface area contributed by atoms with Crippen molar-refractivity contribution in [2.45, 2.75) is 26.8 Å². The number of rotatable bonds is 8. The van der Waals surface area contributed by atoms with Crippen molar-refractivity contribution in [3.63, 3.8) is 0 Å². The Bertz CT molecular complexity index is 244. The van der Waals surface area contributed by atoms with Crippen molar-refractivity contribution in [3.8, 4) is 0 Å². The molecule has 5 heteroatoms. The van der Waals surface area contributed by atoms with Gasteiger partial charge in [0, 0.05) is 19.2 Å². The summed E-state index contributed by atoms with van der Waals surface area (Å²) in [6, 6.07) is -0.298. The normalized spacial score (nSPS) is 13.9. The third-order valence-electron chi connectivity index (χ3n) is 2.38. The average molecular weight is 244 g/mol. The summed E-state index contributed by atoms with van der Waals surface area (Å²) in [5.41, 5.74) is 0.958. The molecule has 0 aromatic heterocycles. The predicted molar refractivity (Wildman–Crippen MR) is 67.9 cm³/mol. The maximum Gasteiger partial charge on any atom is 0.315 e. The van der Waals surface area contributed by atoms with Gasteiger partial charge in [-0.15, -0.1) is 0 Å². The molecule has 0 heterocycles. The summed E-state index contributed by atoms with van der Waals surface area (Å²) in [7, 11) is 0. The molecule has 100 valence electrons. The smallest absolute Gasteiger partial charge is 0.315 e. The number of aliphatic hydroxyl groups is 1. The number of nitrogens with one attached hydrogen (secondary N) is 2. The molecule has 0 aliphatic rings. The maximum atomic E-state index is 11.4. The van der Waals surface area contributed by atoms with E-state index in [1.807, 2.05) is 20.8 Å². The van der Waals surface area contributed by atoms with Crippen molar-refractivity contribution in [2.24, 2.45) is 5.92 Å². The minimum Gasteiger partial charge on any atom is -0.396 e. The van der Waals surface area contributed by atoms with Gasteiger partial charge in [0.1, 0.15) is 0 Å². The molecule has 5 nitrogen and oxygen atoms in total. The van der Waals surface area contributed by atoms with Gasteiger partial charge in [-0.2, -0.15) is 0 Å². The first-order chi connectivity index (χ1) is 7.97. The van der Waals surface area contributed by atoms with Crippen LogP contribution in [0.4, 0.5) is 4.79 Å². The van der Waals surface area contributed by atoms with Crippen LogP contribution in [0.3, 0.4) is 0 Å². The van der Waals surface area contributed by atoms with Crippen molar-refractivity contribution >= 4 is 6.03 Å². The number of carbonyl (C=O) groups is 1. The lowest BCUT2D eigenvalue weighted by Gasteiger charge is -2.19. The van der Waals surface area contributed by atoms with Gasteiger partial charge in [0.25, 0.3) is 0 Å². The van der Waals surface area contributed by atoms with E-state index in [0.717, 1.165) is 5.57 Å². The van der Waals surface area contributed by atoms with E-state index in [9.17, 15) is 4.79 Å². The first kappa shape index (κ1) is 15.9. The van der Waals surface area contributed by atoms with Gasteiger partial charge >= 0.3 is 6.03 Å². The van der Waals surface area contributed by atoms with Crippen molar-refractivity contribution in [1.29, 1.82) is 0 Å². The fourth-order valence-electron chi connectivity index (χ4n) is 1.04. The molecular formula is C12H24N2O3. The molecule has 2 unspecified atom stereocenters. The van der Waals surface area contributed by atoms with Crippen LogP contribution in [0.25, 0.3) is 0 Å². The van der Waals surface area contributed by atoms with Gasteiger partial charge in [-0.25, -0.2) is 4.79 Å². The zero-order valence-electron chi connectivity index (χ0n) is 11.0. The Balaban J connectivity index is 3.56. The topological polar surface area (TPSA) is 70.6 Å². The largest absolute Gasteiger partial charge is 0.396 e. The van der Waals surface area contributed by atoms with E-state index < -0.39 is 0 Å². The summed E-state index contributed by atoms with van der Waals surface area (Å²) < 4.78 is 5.24. The van der Waals surface area contributed by atoms with Crippen LogP contribution in [0.5, 0.6) is 0 Å². The van der Waals surface area contributed by atoms with Gasteiger partial charge in [-0.05, 0) is 19.8 Å². The third-order valence-corrected chi connectivity index (χ3v) is 2.38. The number of aliphatic hydroxyl groups excluding tert-OH is 1. The van der Waals surface area contributed by atoms with Crippen molar-refractivity contribution in [2.75, 3.05) is 26.4 Å². The Morgan fingerprint density at radius 1 is 1.47 bits per heavy atom. The van der Waals surface area contributed by atoms with Gasteiger partial charge < -0.3 is 20.5 Å². The second-order valence-corrected chi connectivity index (χ2v) is 4.36. The molecule has 3 N–H and O–H groups in total. The lowest BCUT2D eigenvalue weighted by atomic mass is 10.1. The second kappa shape index (κ2) is 9.01. The molecule has 0 aliphatic heterocycles. The van der Waals surface area contributed by atoms with Crippen LogP contribution in [0.2, 0.25) is 0 Å². The Hall–Kier alpha value is -1.07. The number of amides is 2. The first-order valence-corrected chi connectivity index (χ1v) is 5.84. The molecule has 0 rings (SSSR count). The summed E-state index contributed by atoms with van der Waals surface area (Å²) in [4.78, 5) is 11.4. The second-order valence-electron chi connectivity index (χ2n) is 4.36. The average Bonchev–Trinajstić information content (AvgIpc) is 2.26. The summed E-state index contributed by atoms with van der Waals surface area (Å²) >= 11 is 0. The summed E-state index contributed by atoms with van der Waals surface area (Å²) in [6.07, 6.45) is 0. The summed E-state index contributed by atoms with van der Waals surface area (Å²) in [5, 5.41) is 14.3. The monoisotopic (exact) mass is 244 g/mol. The van der Waals surface area contributed by atoms with Gasteiger partial charge in [0.2, 0.25) is 0 Å². The standard InChI is InChI=1S/C12H24N2O3/c1-9(2)8-17-6-5-13-12(16)14-11(4)10(3)7-15/h10-11,15H,1,5-8H2,2-4H3,(H2,13,14,16). The van der Waals surface area contributed by atoms with Crippen LogP contribution in [0.15, 0.2) is 12.2 Å². The fourth-order valence-corrected chi connectivity index (χ4v) is 1.04. The molecule has 0 aromatic carbocycles. The van der Waals surface area contributed by atoms with E-state index >= 15 is 0 Å². The SMILES string of the molecule is C=C(C)COCCNC(=O)NC(C)C(C)CO. The Kier molecular flexibility index (Phi) is 8.44. The Morgan fingerprint density at radius 3 is 2.65 bits per heavy atom. The van der Waals surface area contributed by atoms with Crippen molar-refractivity contribution in [3.05, 3.63) is 12.2 Å². The molecule has 0 saturated heterocycles. The number of urea groups is 1. The zero-order chi connectivity index (χ0) is 13.3. The highest BCUT2D eigenvalue weighted by atomic mass is 16.5. The van der Waals surface area contributed by atoms with Gasteiger partial charge in [-0.1, -0.05) is 19.1 Å². The molecule has 2 amide bonds. The molecule has 0 aliphatic carbocycles. The van der Waals surface area contributed by atoms with Crippen molar-refractivity contribution in [1.82, 2.24) is 10.6 Å². The van der Waals surface area contributed by atoms with E-state index in [-0.39, 0.29) is 24.6 Å². The van der Waals surface area contributed by atoms with Gasteiger partial charge in [0.05, 0.1) is 13.2 Å². The molecule has 0 saturated carbocycles. The zero-order valence-corrected chi connectivity index (χ0v) is 11.0. The number of hydrogen-bond acceptors (Lipinski definition) is 3. The molecule has 0 bridgehead atoms. The lowest BCUT2D eigenvalue weighted by Crippen LogP contribution is -2.45. The maximum absolute atomic E-state index is 11.4. The lowest BCUT2D eigenvalue weighted by molar-refractivity contribution is 0.156. The highest BCUT2D eigenvalue weighted by Crippen LogP contribution is 1.99. The molecule has 0 fully saturated rings. The molecule has 0 aromatic rings. The quantitative estimate of drug-likeness (QED) is 0.439. The number of carbonyl (C=O) groups excluding carboxylic acids is 1. The van der Waals surface area contributed by atoms with E-state index in [1.165, 1.54) is 0 Å². The molecular weight excluding hydrogens is 220 g/mol. The van der Waals surface area contributed by atoms with E-state index in [0.29, 0.717) is 19.8 Å². The van der Waals surface area contributed by atoms with E-state index in [4.69, 9.17) is 9.84 Å². The van der Waals surface area contributed by atoms with E-state index in [1.54, 1.807) is 0 Å².